The van der Waals surface area contributed by atoms with E-state index in [0.717, 1.165) is 27.0 Å². The van der Waals surface area contributed by atoms with E-state index in [2.05, 4.69) is 42.1 Å². The van der Waals surface area contributed by atoms with Crippen molar-refractivity contribution in [2.45, 2.75) is 12.8 Å². The fraction of sp³-hybridized carbons (Fsp3) is 0.538. The molecule has 2 heterocycles. The van der Waals surface area contributed by atoms with Gasteiger partial charge in [-0.2, -0.15) is 0 Å². The fourth-order valence-corrected chi connectivity index (χ4v) is 5.29. The Morgan fingerprint density at radius 2 is 2.25 bits per heavy atom. The molecule has 1 aliphatic rings. The van der Waals surface area contributed by atoms with Crippen LogP contribution < -0.4 is 5.32 Å². The predicted molar refractivity (Wildman–Crippen MR) is 87.3 cm³/mol. The number of nitrogens with zero attached hydrogens (tertiary/aromatic N) is 1. The van der Waals surface area contributed by atoms with Crippen LogP contribution in [-0.2, 0) is 4.79 Å². The van der Waals surface area contributed by atoms with E-state index in [1.807, 2.05) is 6.07 Å². The van der Waals surface area contributed by atoms with E-state index in [0.29, 0.717) is 18.7 Å². The van der Waals surface area contributed by atoms with E-state index in [1.54, 1.807) is 7.05 Å². The SMILES string of the molecule is CNC(=O)C1CCCN(CC(=O)c2cc(Br)sc2Br)C1. The summed E-state index contributed by atoms with van der Waals surface area (Å²) in [6.07, 6.45) is 1.86. The maximum absolute atomic E-state index is 12.3. The number of thiophene rings is 1. The number of carbonyl (C=O) groups excluding carboxylic acids is 2. The summed E-state index contributed by atoms with van der Waals surface area (Å²) in [7, 11) is 1.66. The molecule has 0 aromatic carbocycles. The van der Waals surface area contributed by atoms with Crippen LogP contribution in [0.25, 0.3) is 0 Å². The molecule has 1 aliphatic heterocycles. The average Bonchev–Trinajstić information content (AvgIpc) is 2.77. The molecule has 1 N–H and O–H groups in total. The molecule has 20 heavy (non-hydrogen) atoms. The van der Waals surface area contributed by atoms with Crippen molar-refractivity contribution in [3.05, 3.63) is 19.2 Å². The lowest BCUT2D eigenvalue weighted by Crippen LogP contribution is -2.44. The van der Waals surface area contributed by atoms with Gasteiger partial charge in [0.1, 0.15) is 0 Å². The Morgan fingerprint density at radius 3 is 2.85 bits per heavy atom. The van der Waals surface area contributed by atoms with Crippen molar-refractivity contribution in [3.8, 4) is 0 Å². The van der Waals surface area contributed by atoms with Gasteiger partial charge in [0.25, 0.3) is 0 Å². The number of rotatable bonds is 4. The molecule has 0 saturated carbocycles. The van der Waals surface area contributed by atoms with Crippen LogP contribution in [0, 0.1) is 5.92 Å². The number of piperidine rings is 1. The maximum Gasteiger partial charge on any atom is 0.224 e. The second-order valence-corrected chi connectivity index (χ2v) is 8.60. The molecule has 110 valence electrons. The van der Waals surface area contributed by atoms with Crippen LogP contribution in [0.3, 0.4) is 0 Å². The predicted octanol–water partition coefficient (Wildman–Crippen LogP) is 2.91. The molecule has 7 heteroatoms. The first-order valence-electron chi connectivity index (χ1n) is 6.43. The van der Waals surface area contributed by atoms with Crippen LogP contribution in [-0.4, -0.2) is 43.3 Å². The third kappa shape index (κ3) is 3.90. The van der Waals surface area contributed by atoms with Crippen molar-refractivity contribution < 1.29 is 9.59 Å². The molecule has 0 aliphatic carbocycles. The molecule has 0 radical (unpaired) electrons. The standard InChI is InChI=1S/C13H16Br2N2O2S/c1-16-13(19)8-3-2-4-17(6-8)7-10(18)9-5-11(14)20-12(9)15/h5,8H,2-4,6-7H2,1H3,(H,16,19). The second-order valence-electron chi connectivity index (χ2n) is 4.85. The summed E-state index contributed by atoms with van der Waals surface area (Å²) >= 11 is 8.30. The number of halogens is 2. The number of Topliss-reactive ketones (excluding diaryl/α,β-unsaturated/α-hetero) is 1. The van der Waals surface area contributed by atoms with E-state index >= 15 is 0 Å². The van der Waals surface area contributed by atoms with Gasteiger partial charge in [-0.25, -0.2) is 0 Å². The Kier molecular flexibility index (Phi) is 5.77. The van der Waals surface area contributed by atoms with Gasteiger partial charge in [0.05, 0.1) is 20.0 Å². The van der Waals surface area contributed by atoms with Gasteiger partial charge in [-0.15, -0.1) is 11.3 Å². The second kappa shape index (κ2) is 7.15. The van der Waals surface area contributed by atoms with Crippen LogP contribution in [0.2, 0.25) is 0 Å². The van der Waals surface area contributed by atoms with Gasteiger partial charge < -0.3 is 5.32 Å². The van der Waals surface area contributed by atoms with Gasteiger partial charge in [-0.05, 0) is 57.3 Å². The third-order valence-electron chi connectivity index (χ3n) is 3.45. The normalized spacial score (nSPS) is 19.9. The van der Waals surface area contributed by atoms with Crippen LogP contribution in [0.1, 0.15) is 23.2 Å². The molecule has 1 aromatic heterocycles. The minimum Gasteiger partial charge on any atom is -0.359 e. The van der Waals surface area contributed by atoms with Gasteiger partial charge in [0.2, 0.25) is 5.91 Å². The van der Waals surface area contributed by atoms with Crippen LogP contribution in [0.15, 0.2) is 13.6 Å². The van der Waals surface area contributed by atoms with Gasteiger partial charge in [-0.1, -0.05) is 0 Å². The van der Waals surface area contributed by atoms with Crippen LogP contribution >= 0.6 is 43.2 Å². The lowest BCUT2D eigenvalue weighted by atomic mass is 9.97. The van der Waals surface area contributed by atoms with Gasteiger partial charge in [0, 0.05) is 19.2 Å². The summed E-state index contributed by atoms with van der Waals surface area (Å²) in [4.78, 5) is 26.1. The van der Waals surface area contributed by atoms with Crippen LogP contribution in [0.4, 0.5) is 0 Å². The summed E-state index contributed by atoms with van der Waals surface area (Å²) in [6, 6.07) is 1.84. The molecule has 1 unspecified atom stereocenters. The lowest BCUT2D eigenvalue weighted by molar-refractivity contribution is -0.126. The fourth-order valence-electron chi connectivity index (χ4n) is 2.44. The van der Waals surface area contributed by atoms with Crippen molar-refractivity contribution in [3.63, 3.8) is 0 Å². The van der Waals surface area contributed by atoms with Crippen LogP contribution in [0.5, 0.6) is 0 Å². The first kappa shape index (κ1) is 16.1. The number of hydrogen-bond donors (Lipinski definition) is 1. The molecular formula is C13H16Br2N2O2S. The highest BCUT2D eigenvalue weighted by Gasteiger charge is 2.27. The lowest BCUT2D eigenvalue weighted by Gasteiger charge is -2.31. The number of hydrogen-bond acceptors (Lipinski definition) is 4. The monoisotopic (exact) mass is 422 g/mol. The molecule has 0 spiro atoms. The van der Waals surface area contributed by atoms with Gasteiger partial charge in [-0.3, -0.25) is 14.5 Å². The topological polar surface area (TPSA) is 49.4 Å². The minimum absolute atomic E-state index is 0.000739. The first-order chi connectivity index (χ1) is 9.51. The van der Waals surface area contributed by atoms with Crippen molar-refractivity contribution in [2.75, 3.05) is 26.7 Å². The largest absolute Gasteiger partial charge is 0.359 e. The van der Waals surface area contributed by atoms with Crippen molar-refractivity contribution in [2.24, 2.45) is 5.92 Å². The number of nitrogens with one attached hydrogen (secondary N) is 1. The van der Waals surface area contributed by atoms with Crippen molar-refractivity contribution in [1.29, 1.82) is 0 Å². The molecule has 2 rings (SSSR count). The zero-order chi connectivity index (χ0) is 14.7. The molecule has 1 fully saturated rings. The van der Waals surface area contributed by atoms with E-state index in [9.17, 15) is 9.59 Å². The average molecular weight is 424 g/mol. The summed E-state index contributed by atoms with van der Waals surface area (Å²) in [6.45, 7) is 1.91. The molecule has 4 nitrogen and oxygen atoms in total. The van der Waals surface area contributed by atoms with E-state index in [1.165, 1.54) is 11.3 Å². The first-order valence-corrected chi connectivity index (χ1v) is 8.83. The summed E-state index contributed by atoms with van der Waals surface area (Å²) in [5, 5.41) is 2.69. The highest BCUT2D eigenvalue weighted by Crippen LogP contribution is 2.32. The Balaban J connectivity index is 1.97. The Labute approximate surface area is 139 Å². The molecule has 1 saturated heterocycles. The molecule has 1 aromatic rings. The number of amides is 1. The van der Waals surface area contributed by atoms with Crippen molar-refractivity contribution >= 4 is 54.9 Å². The maximum atomic E-state index is 12.3. The summed E-state index contributed by atoms with van der Waals surface area (Å²) < 4.78 is 1.80. The van der Waals surface area contributed by atoms with Crippen molar-refractivity contribution in [1.82, 2.24) is 10.2 Å². The van der Waals surface area contributed by atoms with E-state index in [4.69, 9.17) is 0 Å². The highest BCUT2D eigenvalue weighted by atomic mass is 79.9. The smallest absolute Gasteiger partial charge is 0.224 e. The zero-order valence-corrected chi connectivity index (χ0v) is 15.1. The van der Waals surface area contributed by atoms with E-state index in [-0.39, 0.29) is 17.6 Å². The zero-order valence-electron chi connectivity index (χ0n) is 11.1. The number of carbonyl (C=O) groups is 2. The molecule has 0 bridgehead atoms. The summed E-state index contributed by atoms with van der Waals surface area (Å²) in [5.41, 5.74) is 0.712. The highest BCUT2D eigenvalue weighted by molar-refractivity contribution is 9.12. The third-order valence-corrected chi connectivity index (χ3v) is 5.79. The Morgan fingerprint density at radius 1 is 1.50 bits per heavy atom. The number of ketones is 1. The molecule has 1 amide bonds. The minimum atomic E-state index is -0.000739. The van der Waals surface area contributed by atoms with Gasteiger partial charge >= 0.3 is 0 Å². The molecule has 1 atom stereocenters. The Bertz CT molecular complexity index is 518. The number of likely N-dealkylation sites (tertiary alicyclic amines) is 1. The molecular weight excluding hydrogens is 408 g/mol. The van der Waals surface area contributed by atoms with Gasteiger partial charge in [0.15, 0.2) is 5.78 Å². The Hall–Kier alpha value is -0.240. The van der Waals surface area contributed by atoms with E-state index < -0.39 is 0 Å². The quantitative estimate of drug-likeness (QED) is 0.757. The summed E-state index contributed by atoms with van der Waals surface area (Å²) in [5.74, 6) is 0.164.